The average molecular weight is 400 g/mol. The van der Waals surface area contributed by atoms with E-state index in [1.807, 2.05) is 11.0 Å². The molecule has 0 unspecified atom stereocenters. The van der Waals surface area contributed by atoms with E-state index in [2.05, 4.69) is 34.5 Å². The first-order valence-electron chi connectivity index (χ1n) is 11.1. The van der Waals surface area contributed by atoms with Gasteiger partial charge in [0, 0.05) is 51.1 Å². The quantitative estimate of drug-likeness (QED) is 0.793. The van der Waals surface area contributed by atoms with Gasteiger partial charge in [0.1, 0.15) is 0 Å². The Morgan fingerprint density at radius 2 is 2.00 bits per heavy atom. The lowest BCUT2D eigenvalue weighted by Gasteiger charge is -2.39. The summed E-state index contributed by atoms with van der Waals surface area (Å²) in [5, 5.41) is 3.28. The van der Waals surface area contributed by atoms with Crippen molar-refractivity contribution in [2.75, 3.05) is 45.9 Å². The van der Waals surface area contributed by atoms with E-state index in [-0.39, 0.29) is 17.4 Å². The molecule has 3 aliphatic heterocycles. The summed E-state index contributed by atoms with van der Waals surface area (Å²) in [5.74, 6) is 0.483. The third-order valence-electron chi connectivity index (χ3n) is 6.73. The van der Waals surface area contributed by atoms with Gasteiger partial charge in [-0.25, -0.2) is 0 Å². The van der Waals surface area contributed by atoms with Crippen LogP contribution in [0.25, 0.3) is 0 Å². The number of piperidine rings is 1. The van der Waals surface area contributed by atoms with Crippen LogP contribution in [0.2, 0.25) is 0 Å². The van der Waals surface area contributed by atoms with E-state index in [1.54, 1.807) is 0 Å². The Morgan fingerprint density at radius 3 is 2.72 bits per heavy atom. The highest BCUT2D eigenvalue weighted by Crippen LogP contribution is 2.41. The summed E-state index contributed by atoms with van der Waals surface area (Å²) in [5.41, 5.74) is 1.40. The summed E-state index contributed by atoms with van der Waals surface area (Å²) in [4.78, 5) is 29.2. The first-order valence-corrected chi connectivity index (χ1v) is 11.1. The number of nitrogens with one attached hydrogen (secondary N) is 1. The minimum Gasteiger partial charge on any atom is -0.375 e. The summed E-state index contributed by atoms with van der Waals surface area (Å²) in [7, 11) is 0. The maximum Gasteiger partial charge on any atom is 0.225 e. The molecule has 3 fully saturated rings. The number of benzene rings is 1. The van der Waals surface area contributed by atoms with Gasteiger partial charge in [0.25, 0.3) is 0 Å². The minimum absolute atomic E-state index is 0.000279. The second-order valence-corrected chi connectivity index (χ2v) is 8.86. The SMILES string of the molecule is O=C(C[C@@H]1CNCCO1)N1CCC2(CC1)CC(=O)N(CCCc1ccccc1)C2. The van der Waals surface area contributed by atoms with E-state index in [0.29, 0.717) is 25.4 Å². The zero-order chi connectivity index (χ0) is 20.1. The van der Waals surface area contributed by atoms with Crippen LogP contribution in [0.3, 0.4) is 0 Å². The molecule has 0 aliphatic carbocycles. The molecule has 1 N–H and O–H groups in total. The third kappa shape index (κ3) is 5.17. The predicted octanol–water partition coefficient (Wildman–Crippen LogP) is 1.84. The van der Waals surface area contributed by atoms with E-state index < -0.39 is 0 Å². The summed E-state index contributed by atoms with van der Waals surface area (Å²) in [6.45, 7) is 5.54. The molecule has 6 heteroatoms. The second kappa shape index (κ2) is 9.26. The van der Waals surface area contributed by atoms with Crippen molar-refractivity contribution >= 4 is 11.8 Å². The van der Waals surface area contributed by atoms with E-state index >= 15 is 0 Å². The number of morpholine rings is 1. The molecule has 4 rings (SSSR count). The Kier molecular flexibility index (Phi) is 6.50. The third-order valence-corrected chi connectivity index (χ3v) is 6.73. The molecule has 1 spiro atoms. The number of nitrogens with zero attached hydrogens (tertiary/aromatic N) is 2. The van der Waals surface area contributed by atoms with Crippen LogP contribution in [0.5, 0.6) is 0 Å². The number of carbonyl (C=O) groups is 2. The number of ether oxygens (including phenoxy) is 1. The van der Waals surface area contributed by atoms with E-state index in [0.717, 1.165) is 65.0 Å². The normalized spacial score (nSPS) is 24.3. The molecule has 3 saturated heterocycles. The molecule has 29 heavy (non-hydrogen) atoms. The van der Waals surface area contributed by atoms with Gasteiger partial charge in [-0.15, -0.1) is 0 Å². The maximum atomic E-state index is 12.6. The van der Waals surface area contributed by atoms with E-state index in [9.17, 15) is 9.59 Å². The van der Waals surface area contributed by atoms with Crippen molar-refractivity contribution in [2.24, 2.45) is 5.41 Å². The topological polar surface area (TPSA) is 61.9 Å². The lowest BCUT2D eigenvalue weighted by Crippen LogP contribution is -2.47. The molecule has 1 aromatic carbocycles. The van der Waals surface area contributed by atoms with Gasteiger partial charge in [0.15, 0.2) is 0 Å². The summed E-state index contributed by atoms with van der Waals surface area (Å²) in [6.07, 6.45) is 5.00. The van der Waals surface area contributed by atoms with Gasteiger partial charge in [-0.3, -0.25) is 9.59 Å². The Bertz CT molecular complexity index is 695. The van der Waals surface area contributed by atoms with Crippen LogP contribution in [0.1, 0.15) is 37.7 Å². The molecule has 158 valence electrons. The van der Waals surface area contributed by atoms with Crippen LogP contribution in [0.15, 0.2) is 30.3 Å². The molecule has 1 atom stereocenters. The lowest BCUT2D eigenvalue weighted by atomic mass is 9.77. The Labute approximate surface area is 173 Å². The number of carbonyl (C=O) groups excluding carboxylic acids is 2. The standard InChI is InChI=1S/C23H33N3O3/c27-21(15-20-17-24-10-14-29-20)25-12-8-23(9-13-25)16-22(28)26(18-23)11-4-7-19-5-2-1-3-6-19/h1-3,5-6,20,24H,4,7-18H2/t20-/m1/s1. The van der Waals surface area contributed by atoms with Crippen molar-refractivity contribution < 1.29 is 14.3 Å². The number of rotatable bonds is 6. The van der Waals surface area contributed by atoms with Crippen LogP contribution in [-0.4, -0.2) is 73.6 Å². The zero-order valence-electron chi connectivity index (χ0n) is 17.3. The van der Waals surface area contributed by atoms with Crippen LogP contribution < -0.4 is 5.32 Å². The summed E-state index contributed by atoms with van der Waals surface area (Å²) >= 11 is 0. The molecule has 6 nitrogen and oxygen atoms in total. The van der Waals surface area contributed by atoms with Crippen LogP contribution in [0, 0.1) is 5.41 Å². The highest BCUT2D eigenvalue weighted by atomic mass is 16.5. The summed E-state index contributed by atoms with van der Waals surface area (Å²) in [6, 6.07) is 10.5. The van der Waals surface area contributed by atoms with Crippen LogP contribution in [-0.2, 0) is 20.7 Å². The highest BCUT2D eigenvalue weighted by molar-refractivity contribution is 5.80. The molecule has 0 bridgehead atoms. The molecule has 0 saturated carbocycles. The lowest BCUT2D eigenvalue weighted by molar-refractivity contribution is -0.137. The van der Waals surface area contributed by atoms with Gasteiger partial charge in [-0.2, -0.15) is 0 Å². The Morgan fingerprint density at radius 1 is 1.21 bits per heavy atom. The highest BCUT2D eigenvalue weighted by Gasteiger charge is 2.45. The number of hydrogen-bond donors (Lipinski definition) is 1. The first kappa shape index (κ1) is 20.4. The molecular weight excluding hydrogens is 366 g/mol. The molecular formula is C23H33N3O3. The van der Waals surface area contributed by atoms with Crippen molar-refractivity contribution in [1.29, 1.82) is 0 Å². The van der Waals surface area contributed by atoms with Gasteiger partial charge in [0.2, 0.25) is 11.8 Å². The smallest absolute Gasteiger partial charge is 0.225 e. The van der Waals surface area contributed by atoms with Crippen molar-refractivity contribution in [3.63, 3.8) is 0 Å². The van der Waals surface area contributed by atoms with Crippen molar-refractivity contribution in [3.05, 3.63) is 35.9 Å². The number of hydrogen-bond acceptors (Lipinski definition) is 4. The first-order chi connectivity index (χ1) is 14.1. The fourth-order valence-electron chi connectivity index (χ4n) is 4.94. The Balaban J connectivity index is 1.22. The van der Waals surface area contributed by atoms with Gasteiger partial charge < -0.3 is 19.9 Å². The van der Waals surface area contributed by atoms with Crippen molar-refractivity contribution in [2.45, 2.75) is 44.6 Å². The zero-order valence-corrected chi connectivity index (χ0v) is 17.3. The van der Waals surface area contributed by atoms with Crippen molar-refractivity contribution in [3.8, 4) is 0 Å². The van der Waals surface area contributed by atoms with Crippen molar-refractivity contribution in [1.82, 2.24) is 15.1 Å². The van der Waals surface area contributed by atoms with Gasteiger partial charge >= 0.3 is 0 Å². The Hall–Kier alpha value is -1.92. The molecule has 0 radical (unpaired) electrons. The molecule has 2 amide bonds. The molecule has 1 aromatic rings. The molecule has 0 aromatic heterocycles. The van der Waals surface area contributed by atoms with Gasteiger partial charge in [0.05, 0.1) is 19.1 Å². The van der Waals surface area contributed by atoms with Gasteiger partial charge in [-0.1, -0.05) is 30.3 Å². The summed E-state index contributed by atoms with van der Waals surface area (Å²) < 4.78 is 5.67. The van der Waals surface area contributed by atoms with E-state index in [4.69, 9.17) is 4.74 Å². The average Bonchev–Trinajstić information content (AvgIpc) is 3.04. The second-order valence-electron chi connectivity index (χ2n) is 8.86. The minimum atomic E-state index is 0.000279. The fourth-order valence-corrected chi connectivity index (χ4v) is 4.94. The van der Waals surface area contributed by atoms with Gasteiger partial charge in [-0.05, 0) is 31.2 Å². The van der Waals surface area contributed by atoms with Crippen LogP contribution in [0.4, 0.5) is 0 Å². The maximum absolute atomic E-state index is 12.6. The largest absolute Gasteiger partial charge is 0.375 e. The fraction of sp³-hybridized carbons (Fsp3) is 0.652. The number of amides is 2. The monoisotopic (exact) mass is 399 g/mol. The number of aryl methyl sites for hydroxylation is 1. The van der Waals surface area contributed by atoms with Crippen LogP contribution >= 0.6 is 0 Å². The molecule has 3 aliphatic rings. The number of likely N-dealkylation sites (tertiary alicyclic amines) is 2. The van der Waals surface area contributed by atoms with E-state index in [1.165, 1.54) is 5.56 Å². The predicted molar refractivity (Wildman–Crippen MR) is 111 cm³/mol. The molecule has 3 heterocycles.